The molecule has 2 amide bonds. The van der Waals surface area contributed by atoms with Crippen molar-refractivity contribution in [2.24, 2.45) is 0 Å². The lowest BCUT2D eigenvalue weighted by Crippen LogP contribution is -2.43. The van der Waals surface area contributed by atoms with Crippen molar-refractivity contribution in [2.45, 2.75) is 37.8 Å². The van der Waals surface area contributed by atoms with Crippen LogP contribution in [0.1, 0.15) is 46.4 Å². The number of carbonyl (C=O) groups excluding carboxylic acids is 2. The first kappa shape index (κ1) is 11.4. The van der Waals surface area contributed by atoms with Crippen LogP contribution in [0.2, 0.25) is 0 Å². The highest BCUT2D eigenvalue weighted by atomic mass is 16.3. The average molecular weight is 245 g/mol. The minimum absolute atomic E-state index is 0.152. The molecule has 1 aromatic carbocycles. The lowest BCUT2D eigenvalue weighted by atomic mass is 9.92. The van der Waals surface area contributed by atoms with Crippen LogP contribution in [0.4, 0.5) is 0 Å². The maximum absolute atomic E-state index is 12.2. The Morgan fingerprint density at radius 2 is 1.67 bits per heavy atom. The smallest absolute Gasteiger partial charge is 0.261 e. The quantitative estimate of drug-likeness (QED) is 0.764. The van der Waals surface area contributed by atoms with Gasteiger partial charge in [0, 0.05) is 6.04 Å². The first-order valence-corrected chi connectivity index (χ1v) is 6.33. The Morgan fingerprint density at radius 1 is 1.06 bits per heavy atom. The van der Waals surface area contributed by atoms with E-state index in [1.807, 2.05) is 0 Å². The Morgan fingerprint density at radius 3 is 2.22 bits per heavy atom. The number of amides is 2. The van der Waals surface area contributed by atoms with Crippen LogP contribution in [0, 0.1) is 0 Å². The van der Waals surface area contributed by atoms with Crippen molar-refractivity contribution in [3.05, 3.63) is 35.4 Å². The zero-order valence-electron chi connectivity index (χ0n) is 10.0. The topological polar surface area (TPSA) is 57.6 Å². The van der Waals surface area contributed by atoms with Gasteiger partial charge in [-0.1, -0.05) is 12.1 Å². The van der Waals surface area contributed by atoms with Gasteiger partial charge in [-0.25, -0.2) is 0 Å². The number of carbonyl (C=O) groups is 2. The maximum Gasteiger partial charge on any atom is 0.261 e. The van der Waals surface area contributed by atoms with E-state index in [-0.39, 0.29) is 17.9 Å². The second-order valence-corrected chi connectivity index (χ2v) is 5.00. The van der Waals surface area contributed by atoms with Crippen molar-refractivity contribution in [3.63, 3.8) is 0 Å². The Hall–Kier alpha value is -1.68. The molecule has 1 aliphatic carbocycles. The third-order valence-electron chi connectivity index (χ3n) is 3.81. The molecule has 4 nitrogen and oxygen atoms in total. The number of aliphatic hydroxyl groups is 1. The van der Waals surface area contributed by atoms with E-state index in [4.69, 9.17) is 0 Å². The van der Waals surface area contributed by atoms with Crippen molar-refractivity contribution in [1.82, 2.24) is 4.90 Å². The van der Waals surface area contributed by atoms with Crippen LogP contribution in [0.5, 0.6) is 0 Å². The van der Waals surface area contributed by atoms with Crippen molar-refractivity contribution >= 4 is 11.8 Å². The van der Waals surface area contributed by atoms with Gasteiger partial charge < -0.3 is 5.11 Å². The van der Waals surface area contributed by atoms with Gasteiger partial charge >= 0.3 is 0 Å². The fraction of sp³-hybridized carbons (Fsp3) is 0.429. The normalized spacial score (nSPS) is 27.5. The maximum atomic E-state index is 12.2. The van der Waals surface area contributed by atoms with Crippen molar-refractivity contribution in [2.75, 3.05) is 0 Å². The van der Waals surface area contributed by atoms with Gasteiger partial charge in [0.2, 0.25) is 0 Å². The zero-order valence-corrected chi connectivity index (χ0v) is 10.0. The molecule has 0 aromatic heterocycles. The number of benzene rings is 1. The zero-order chi connectivity index (χ0) is 12.7. The summed E-state index contributed by atoms with van der Waals surface area (Å²) in [6, 6.07) is 6.76. The highest BCUT2D eigenvalue weighted by molar-refractivity contribution is 6.21. The number of rotatable bonds is 1. The van der Waals surface area contributed by atoms with Gasteiger partial charge in [-0.15, -0.1) is 0 Å². The predicted octanol–water partition coefficient (Wildman–Crippen LogP) is 1.59. The molecule has 3 rings (SSSR count). The van der Waals surface area contributed by atoms with Gasteiger partial charge in [-0.3, -0.25) is 14.5 Å². The van der Waals surface area contributed by atoms with Crippen molar-refractivity contribution in [3.8, 4) is 0 Å². The fourth-order valence-electron chi connectivity index (χ4n) is 2.91. The van der Waals surface area contributed by atoms with Gasteiger partial charge in [-0.2, -0.15) is 0 Å². The van der Waals surface area contributed by atoms with E-state index in [9.17, 15) is 14.7 Å². The van der Waals surface area contributed by atoms with Crippen LogP contribution in [0.25, 0.3) is 0 Å². The molecule has 18 heavy (non-hydrogen) atoms. The summed E-state index contributed by atoms with van der Waals surface area (Å²) in [5, 5.41) is 9.68. The number of aliphatic hydroxyl groups excluding tert-OH is 1. The summed E-state index contributed by atoms with van der Waals surface area (Å²) < 4.78 is 0. The Bertz CT molecular complexity index is 477. The summed E-state index contributed by atoms with van der Waals surface area (Å²) in [7, 11) is 0. The highest BCUT2D eigenvalue weighted by Crippen LogP contribution is 2.30. The second-order valence-electron chi connectivity index (χ2n) is 5.00. The summed E-state index contributed by atoms with van der Waals surface area (Å²) >= 11 is 0. The van der Waals surface area contributed by atoms with Gasteiger partial charge in [0.1, 0.15) is 0 Å². The summed E-state index contributed by atoms with van der Waals surface area (Å²) in [6.07, 6.45) is 2.53. The second kappa shape index (κ2) is 4.21. The molecule has 1 N–H and O–H groups in total. The van der Waals surface area contributed by atoms with E-state index in [0.29, 0.717) is 17.5 Å². The van der Waals surface area contributed by atoms with Crippen LogP contribution >= 0.6 is 0 Å². The van der Waals surface area contributed by atoms with Crippen LogP contribution in [-0.4, -0.2) is 34.0 Å². The van der Waals surface area contributed by atoms with E-state index in [1.54, 1.807) is 24.3 Å². The highest BCUT2D eigenvalue weighted by Gasteiger charge is 2.40. The van der Waals surface area contributed by atoms with Gasteiger partial charge in [0.05, 0.1) is 17.2 Å². The van der Waals surface area contributed by atoms with Crippen LogP contribution in [-0.2, 0) is 0 Å². The van der Waals surface area contributed by atoms with Crippen LogP contribution in [0.3, 0.4) is 0 Å². The Balaban J connectivity index is 1.92. The third-order valence-corrected chi connectivity index (χ3v) is 3.81. The third kappa shape index (κ3) is 1.64. The molecule has 0 saturated heterocycles. The van der Waals surface area contributed by atoms with E-state index < -0.39 is 6.10 Å². The molecule has 4 heteroatoms. The summed E-state index contributed by atoms with van der Waals surface area (Å²) in [6.45, 7) is 0. The summed E-state index contributed by atoms with van der Waals surface area (Å²) in [5.41, 5.74) is 0.977. The molecular formula is C14H15NO3. The number of imide groups is 1. The molecule has 1 heterocycles. The van der Waals surface area contributed by atoms with Crippen molar-refractivity contribution < 1.29 is 14.7 Å². The lowest BCUT2D eigenvalue weighted by Gasteiger charge is -2.31. The van der Waals surface area contributed by atoms with Gasteiger partial charge in [-0.05, 0) is 37.8 Å². The van der Waals surface area contributed by atoms with Gasteiger partial charge in [0.25, 0.3) is 11.8 Å². The molecule has 0 bridgehead atoms. The first-order chi connectivity index (χ1) is 8.68. The Kier molecular flexibility index (Phi) is 2.67. The van der Waals surface area contributed by atoms with Crippen molar-refractivity contribution in [1.29, 1.82) is 0 Å². The largest absolute Gasteiger partial charge is 0.393 e. The molecule has 2 atom stereocenters. The van der Waals surface area contributed by atoms with Crippen LogP contribution < -0.4 is 0 Å². The molecule has 1 fully saturated rings. The lowest BCUT2D eigenvalue weighted by molar-refractivity contribution is 0.0415. The molecule has 2 aliphatic rings. The average Bonchev–Trinajstić information content (AvgIpc) is 2.63. The number of hydrogen-bond donors (Lipinski definition) is 1. The van der Waals surface area contributed by atoms with E-state index in [1.165, 1.54) is 4.90 Å². The predicted molar refractivity (Wildman–Crippen MR) is 65.2 cm³/mol. The number of nitrogens with zero attached hydrogens (tertiary/aromatic N) is 1. The monoisotopic (exact) mass is 245 g/mol. The minimum atomic E-state index is -0.395. The standard InChI is InChI=1S/C14H15NO3/c16-10-5-3-4-9(8-10)15-13(17)11-6-1-2-7-12(11)14(15)18/h1-2,6-7,9-10,16H,3-5,8H2/t9-,10+/m0/s1. The molecule has 1 saturated carbocycles. The Labute approximate surface area is 105 Å². The molecule has 94 valence electrons. The molecule has 0 radical (unpaired) electrons. The number of hydrogen-bond acceptors (Lipinski definition) is 3. The SMILES string of the molecule is O=C1c2ccccc2C(=O)N1[C@H]1CCC[C@@H](O)C1. The number of fused-ring (bicyclic) bond motifs is 1. The molecule has 0 unspecified atom stereocenters. The van der Waals surface area contributed by atoms with E-state index >= 15 is 0 Å². The van der Waals surface area contributed by atoms with E-state index in [2.05, 4.69) is 0 Å². The first-order valence-electron chi connectivity index (χ1n) is 6.33. The minimum Gasteiger partial charge on any atom is -0.393 e. The van der Waals surface area contributed by atoms with E-state index in [0.717, 1.165) is 19.3 Å². The fourth-order valence-corrected chi connectivity index (χ4v) is 2.91. The molecule has 0 spiro atoms. The summed E-state index contributed by atoms with van der Waals surface area (Å²) in [4.78, 5) is 25.8. The van der Waals surface area contributed by atoms with Crippen LogP contribution in [0.15, 0.2) is 24.3 Å². The molecule has 1 aromatic rings. The summed E-state index contributed by atoms with van der Waals surface area (Å²) in [5.74, 6) is -0.426. The molecule has 1 aliphatic heterocycles. The van der Waals surface area contributed by atoms with Gasteiger partial charge in [0.15, 0.2) is 0 Å². The molecular weight excluding hydrogens is 230 g/mol.